The molecule has 4 rings (SSSR count). The van der Waals surface area contributed by atoms with Gasteiger partial charge in [-0.1, -0.05) is 36.4 Å². The van der Waals surface area contributed by atoms with Crippen LogP contribution in [0.5, 0.6) is 5.75 Å². The summed E-state index contributed by atoms with van der Waals surface area (Å²) < 4.78 is 5.30. The Morgan fingerprint density at radius 2 is 1.80 bits per heavy atom. The molecule has 0 amide bonds. The first-order valence-corrected chi connectivity index (χ1v) is 8.07. The minimum Gasteiger partial charge on any atom is -0.497 e. The van der Waals surface area contributed by atoms with Crippen LogP contribution in [0.1, 0.15) is 5.69 Å². The van der Waals surface area contributed by atoms with Crippen molar-refractivity contribution in [1.29, 1.82) is 0 Å². The van der Waals surface area contributed by atoms with Crippen molar-refractivity contribution in [2.75, 3.05) is 12.4 Å². The van der Waals surface area contributed by atoms with Gasteiger partial charge in [0.05, 0.1) is 12.5 Å². The first kappa shape index (κ1) is 15.2. The highest BCUT2D eigenvalue weighted by molar-refractivity contribution is 5.91. The van der Waals surface area contributed by atoms with Gasteiger partial charge in [-0.15, -0.1) is 0 Å². The lowest BCUT2D eigenvalue weighted by Gasteiger charge is -2.10. The van der Waals surface area contributed by atoms with Crippen molar-refractivity contribution < 1.29 is 4.74 Å². The van der Waals surface area contributed by atoms with Crippen molar-refractivity contribution in [2.24, 2.45) is 0 Å². The van der Waals surface area contributed by atoms with Crippen LogP contribution in [0.2, 0.25) is 0 Å². The number of nitrogens with zero attached hydrogens (tertiary/aromatic N) is 2. The molecule has 5 nitrogen and oxygen atoms in total. The molecule has 0 saturated heterocycles. The molecule has 0 spiro atoms. The number of aryl methyl sites for hydroxylation is 1. The number of rotatable bonds is 4. The van der Waals surface area contributed by atoms with Crippen molar-refractivity contribution in [3.63, 3.8) is 0 Å². The molecule has 0 atom stereocenters. The lowest BCUT2D eigenvalue weighted by atomic mass is 10.2. The minimum absolute atomic E-state index is 0.681. The van der Waals surface area contributed by atoms with Gasteiger partial charge in [0.15, 0.2) is 5.82 Å². The van der Waals surface area contributed by atoms with Crippen LogP contribution in [0.4, 0.5) is 11.5 Å². The summed E-state index contributed by atoms with van der Waals surface area (Å²) in [5.41, 5.74) is 3.75. The number of hydrogen-bond donors (Lipinski definition) is 2. The van der Waals surface area contributed by atoms with Gasteiger partial charge in [-0.25, -0.2) is 9.97 Å². The molecule has 0 aliphatic rings. The summed E-state index contributed by atoms with van der Waals surface area (Å²) in [4.78, 5) is 12.7. The van der Waals surface area contributed by atoms with Crippen LogP contribution < -0.4 is 10.1 Å². The maximum Gasteiger partial charge on any atom is 0.163 e. The fourth-order valence-corrected chi connectivity index (χ4v) is 2.79. The van der Waals surface area contributed by atoms with E-state index >= 15 is 0 Å². The number of hydrogen-bond acceptors (Lipinski definition) is 4. The summed E-state index contributed by atoms with van der Waals surface area (Å²) in [5.74, 6) is 2.24. The highest BCUT2D eigenvalue weighted by Gasteiger charge is 2.12. The van der Waals surface area contributed by atoms with Crippen LogP contribution in [0.25, 0.3) is 22.4 Å². The molecule has 0 fully saturated rings. The summed E-state index contributed by atoms with van der Waals surface area (Å²) in [6.07, 6.45) is 0. The largest absolute Gasteiger partial charge is 0.497 e. The van der Waals surface area contributed by atoms with Gasteiger partial charge in [-0.05, 0) is 25.1 Å². The normalized spacial score (nSPS) is 10.8. The molecule has 0 radical (unpaired) electrons. The van der Waals surface area contributed by atoms with E-state index in [-0.39, 0.29) is 0 Å². The number of ether oxygens (including phenoxy) is 1. The van der Waals surface area contributed by atoms with E-state index in [4.69, 9.17) is 9.72 Å². The molecule has 5 heteroatoms. The summed E-state index contributed by atoms with van der Waals surface area (Å²) in [7, 11) is 1.66. The van der Waals surface area contributed by atoms with Gasteiger partial charge in [0.2, 0.25) is 0 Å². The second-order valence-electron chi connectivity index (χ2n) is 5.83. The molecule has 2 N–H and O–H groups in total. The van der Waals surface area contributed by atoms with Crippen LogP contribution in [-0.2, 0) is 0 Å². The standard InChI is InChI=1S/C20H18N4O/c1-13-11-17-19(21-13)23-18(14-7-4-3-5-8-14)24-20(17)22-15-9-6-10-16(12-15)25-2/h3-12H,1-2H3,(H2,21,22,23,24). The zero-order chi connectivity index (χ0) is 17.2. The number of anilines is 2. The molecule has 0 unspecified atom stereocenters. The van der Waals surface area contributed by atoms with Crippen LogP contribution >= 0.6 is 0 Å². The molecular formula is C20H18N4O. The molecule has 0 saturated carbocycles. The molecule has 2 aromatic carbocycles. The quantitative estimate of drug-likeness (QED) is 0.570. The van der Waals surface area contributed by atoms with Gasteiger partial charge in [-0.2, -0.15) is 0 Å². The monoisotopic (exact) mass is 330 g/mol. The first-order valence-electron chi connectivity index (χ1n) is 8.07. The third-order valence-corrected chi connectivity index (χ3v) is 3.99. The summed E-state index contributed by atoms with van der Waals surface area (Å²) in [6.45, 7) is 2.01. The van der Waals surface area contributed by atoms with E-state index in [1.54, 1.807) is 7.11 Å². The fraction of sp³-hybridized carbons (Fsp3) is 0.100. The highest BCUT2D eigenvalue weighted by atomic mass is 16.5. The Morgan fingerprint density at radius 3 is 2.60 bits per heavy atom. The number of H-pyrrole nitrogens is 1. The number of aromatic amines is 1. The molecule has 4 aromatic rings. The SMILES string of the molecule is COc1cccc(Nc2nc(-c3ccccc3)nc3[nH]c(C)cc23)c1. The van der Waals surface area contributed by atoms with Crippen LogP contribution in [0.15, 0.2) is 60.7 Å². The smallest absolute Gasteiger partial charge is 0.163 e. The third-order valence-electron chi connectivity index (χ3n) is 3.99. The van der Waals surface area contributed by atoms with Gasteiger partial charge in [0, 0.05) is 23.0 Å². The summed E-state index contributed by atoms with van der Waals surface area (Å²) in [5, 5.41) is 4.35. The van der Waals surface area contributed by atoms with Crippen molar-refractivity contribution >= 4 is 22.5 Å². The van der Waals surface area contributed by atoms with E-state index in [1.807, 2.05) is 67.6 Å². The molecular weight excluding hydrogens is 312 g/mol. The fourth-order valence-electron chi connectivity index (χ4n) is 2.79. The molecule has 124 valence electrons. The first-order chi connectivity index (χ1) is 12.2. The van der Waals surface area contributed by atoms with Crippen LogP contribution in [0, 0.1) is 6.92 Å². The van der Waals surface area contributed by atoms with Gasteiger partial charge < -0.3 is 15.0 Å². The summed E-state index contributed by atoms with van der Waals surface area (Å²) >= 11 is 0. The Kier molecular flexibility index (Phi) is 3.82. The maximum atomic E-state index is 5.30. The van der Waals surface area contributed by atoms with E-state index in [1.165, 1.54) is 0 Å². The predicted octanol–water partition coefficient (Wildman–Crippen LogP) is 4.69. The van der Waals surface area contributed by atoms with Gasteiger partial charge >= 0.3 is 0 Å². The van der Waals surface area contributed by atoms with E-state index < -0.39 is 0 Å². The molecule has 0 aliphatic carbocycles. The van der Waals surface area contributed by atoms with E-state index in [0.29, 0.717) is 5.82 Å². The Balaban J connectivity index is 1.83. The van der Waals surface area contributed by atoms with Crippen molar-refractivity contribution in [1.82, 2.24) is 15.0 Å². The average Bonchev–Trinajstić information content (AvgIpc) is 3.03. The lowest BCUT2D eigenvalue weighted by Crippen LogP contribution is -1.99. The van der Waals surface area contributed by atoms with E-state index in [0.717, 1.165) is 39.5 Å². The molecule has 25 heavy (non-hydrogen) atoms. The Bertz CT molecular complexity index is 1020. The Labute approximate surface area is 145 Å². The number of fused-ring (bicyclic) bond motifs is 1. The van der Waals surface area contributed by atoms with Crippen molar-refractivity contribution in [3.05, 3.63) is 66.4 Å². The van der Waals surface area contributed by atoms with Gasteiger partial charge in [0.25, 0.3) is 0 Å². The lowest BCUT2D eigenvalue weighted by molar-refractivity contribution is 0.415. The number of methoxy groups -OCH3 is 1. The number of aromatic nitrogens is 3. The zero-order valence-corrected chi connectivity index (χ0v) is 14.1. The Morgan fingerprint density at radius 1 is 0.960 bits per heavy atom. The van der Waals surface area contributed by atoms with E-state index in [9.17, 15) is 0 Å². The summed E-state index contributed by atoms with van der Waals surface area (Å²) in [6, 6.07) is 19.8. The Hall–Kier alpha value is -3.34. The second kappa shape index (κ2) is 6.28. The van der Waals surface area contributed by atoms with Gasteiger partial charge in [0.1, 0.15) is 17.2 Å². The number of benzene rings is 2. The molecule has 0 bridgehead atoms. The van der Waals surface area contributed by atoms with Crippen molar-refractivity contribution in [2.45, 2.75) is 6.92 Å². The van der Waals surface area contributed by atoms with E-state index in [2.05, 4.69) is 15.3 Å². The zero-order valence-electron chi connectivity index (χ0n) is 14.1. The second-order valence-corrected chi connectivity index (χ2v) is 5.83. The van der Waals surface area contributed by atoms with Crippen molar-refractivity contribution in [3.8, 4) is 17.1 Å². The molecule has 2 heterocycles. The van der Waals surface area contributed by atoms with Crippen LogP contribution in [-0.4, -0.2) is 22.1 Å². The highest BCUT2D eigenvalue weighted by Crippen LogP contribution is 2.28. The minimum atomic E-state index is 0.681. The number of nitrogens with one attached hydrogen (secondary N) is 2. The maximum absolute atomic E-state index is 5.30. The average molecular weight is 330 g/mol. The van der Waals surface area contributed by atoms with Gasteiger partial charge in [-0.3, -0.25) is 0 Å². The predicted molar refractivity (Wildman–Crippen MR) is 100 cm³/mol. The molecule has 2 aromatic heterocycles. The molecule has 0 aliphatic heterocycles. The topological polar surface area (TPSA) is 62.8 Å². The van der Waals surface area contributed by atoms with Crippen LogP contribution in [0.3, 0.4) is 0 Å². The third kappa shape index (κ3) is 3.04.